The molecule has 1 N–H and O–H groups in total. The predicted molar refractivity (Wildman–Crippen MR) is 141 cm³/mol. The van der Waals surface area contributed by atoms with Gasteiger partial charge in [-0.1, -0.05) is 35.9 Å². The van der Waals surface area contributed by atoms with E-state index in [9.17, 15) is 9.90 Å². The molecule has 1 aliphatic rings. The maximum absolute atomic E-state index is 13.3. The molecule has 10 heteroatoms. The topological polar surface area (TPSA) is 75.8 Å². The molecular weight excluding hydrogens is 489 g/mol. The SMILES string of the molecule is Cl.[2H]C([2H])(N1CCN(c2cccc(Cl)c2)CC1)C([2H])([2H])C([2H])([2H])n1nc(C(C)O)n(CCOc2ccccc2)c1=O. The Hall–Kier alpha value is -2.52. The summed E-state index contributed by atoms with van der Waals surface area (Å²) in [5, 5.41) is 14.7. The summed E-state index contributed by atoms with van der Waals surface area (Å²) in [5.41, 5.74) is -0.173. The first-order valence-corrected chi connectivity index (χ1v) is 11.5. The number of hydrogen-bond donors (Lipinski definition) is 1. The molecule has 8 nitrogen and oxygen atoms in total. The third-order valence-corrected chi connectivity index (χ3v) is 5.66. The molecule has 0 saturated carbocycles. The largest absolute Gasteiger partial charge is 0.492 e. The highest BCUT2D eigenvalue weighted by atomic mass is 35.5. The molecule has 4 rings (SSSR count). The van der Waals surface area contributed by atoms with Crippen LogP contribution in [0.15, 0.2) is 59.4 Å². The molecule has 1 unspecified atom stereocenters. The molecule has 1 atom stereocenters. The van der Waals surface area contributed by atoms with E-state index in [1.54, 1.807) is 36.4 Å². The second kappa shape index (κ2) is 13.0. The van der Waals surface area contributed by atoms with Crippen LogP contribution < -0.4 is 15.3 Å². The second-order valence-corrected chi connectivity index (χ2v) is 8.28. The van der Waals surface area contributed by atoms with Crippen molar-refractivity contribution in [2.75, 3.05) is 44.2 Å². The van der Waals surface area contributed by atoms with Crippen LogP contribution in [0.1, 0.15) is 33.4 Å². The van der Waals surface area contributed by atoms with Gasteiger partial charge in [-0.2, -0.15) is 5.10 Å². The minimum Gasteiger partial charge on any atom is -0.492 e. The second-order valence-electron chi connectivity index (χ2n) is 7.84. The summed E-state index contributed by atoms with van der Waals surface area (Å²) in [7, 11) is 0. The molecule has 1 aromatic heterocycles. The van der Waals surface area contributed by atoms with E-state index in [2.05, 4.69) is 5.10 Å². The summed E-state index contributed by atoms with van der Waals surface area (Å²) in [4.78, 5) is 16.5. The van der Waals surface area contributed by atoms with Gasteiger partial charge in [-0.3, -0.25) is 9.47 Å². The molecule has 3 aromatic rings. The molecule has 2 heterocycles. The smallest absolute Gasteiger partial charge is 0.346 e. The van der Waals surface area contributed by atoms with E-state index in [1.807, 2.05) is 23.1 Å². The van der Waals surface area contributed by atoms with Gasteiger partial charge < -0.3 is 14.7 Å². The fraction of sp³-hybridized carbons (Fsp3) is 0.440. The van der Waals surface area contributed by atoms with E-state index in [0.29, 0.717) is 23.9 Å². The highest BCUT2D eigenvalue weighted by Gasteiger charge is 2.19. The Morgan fingerprint density at radius 2 is 1.86 bits per heavy atom. The van der Waals surface area contributed by atoms with Crippen molar-refractivity contribution in [3.05, 3.63) is 75.9 Å². The van der Waals surface area contributed by atoms with Gasteiger partial charge in [0.25, 0.3) is 0 Å². The summed E-state index contributed by atoms with van der Waals surface area (Å²) in [5.74, 6) is 0.369. The predicted octanol–water partition coefficient (Wildman–Crippen LogP) is 3.46. The van der Waals surface area contributed by atoms with E-state index in [4.69, 9.17) is 24.6 Å². The van der Waals surface area contributed by atoms with Crippen LogP contribution >= 0.6 is 24.0 Å². The Morgan fingerprint density at radius 1 is 1.11 bits per heavy atom. The highest BCUT2D eigenvalue weighted by Crippen LogP contribution is 2.20. The summed E-state index contributed by atoms with van der Waals surface area (Å²) < 4.78 is 58.8. The quantitative estimate of drug-likeness (QED) is 0.435. The van der Waals surface area contributed by atoms with Crippen molar-refractivity contribution in [1.29, 1.82) is 0 Å². The van der Waals surface area contributed by atoms with Crippen molar-refractivity contribution < 1.29 is 18.1 Å². The number of aliphatic hydroxyl groups is 1. The third-order valence-electron chi connectivity index (χ3n) is 5.42. The Balaban J connectivity index is 0.00000462. The Morgan fingerprint density at radius 3 is 2.54 bits per heavy atom. The van der Waals surface area contributed by atoms with Crippen molar-refractivity contribution in [3.63, 3.8) is 0 Å². The molecule has 35 heavy (non-hydrogen) atoms. The van der Waals surface area contributed by atoms with Gasteiger partial charge in [0.15, 0.2) is 5.82 Å². The number of aliphatic hydroxyl groups excluding tert-OH is 1. The summed E-state index contributed by atoms with van der Waals surface area (Å²) >= 11 is 6.09. The molecule has 1 aliphatic heterocycles. The zero-order valence-corrected chi connectivity index (χ0v) is 20.9. The van der Waals surface area contributed by atoms with Crippen molar-refractivity contribution >= 4 is 29.7 Å². The number of ether oxygens (including phenoxy) is 1. The molecule has 1 fully saturated rings. The van der Waals surface area contributed by atoms with Crippen molar-refractivity contribution in [2.45, 2.75) is 32.4 Å². The van der Waals surface area contributed by atoms with Crippen LogP contribution in [0.25, 0.3) is 0 Å². The molecule has 0 bridgehead atoms. The monoisotopic (exact) mass is 527 g/mol. The Kier molecular flexibility index (Phi) is 7.28. The molecule has 190 valence electrons. The third kappa shape index (κ3) is 7.24. The lowest BCUT2D eigenvalue weighted by atomic mass is 10.2. The number of piperazine rings is 1. The zero-order chi connectivity index (χ0) is 29.3. The van der Waals surface area contributed by atoms with Crippen molar-refractivity contribution in [1.82, 2.24) is 19.2 Å². The number of hydrogen-bond acceptors (Lipinski definition) is 6. The normalized spacial score (nSPS) is 18.8. The van der Waals surface area contributed by atoms with E-state index in [0.717, 1.165) is 10.3 Å². The number of aryl methyl sites for hydroxylation is 1. The van der Waals surface area contributed by atoms with Gasteiger partial charge in [0.1, 0.15) is 18.5 Å². The maximum atomic E-state index is 13.3. The van der Waals surface area contributed by atoms with Crippen LogP contribution in [0.3, 0.4) is 0 Å². The number of halogens is 2. The van der Waals surface area contributed by atoms with E-state index >= 15 is 0 Å². The van der Waals surface area contributed by atoms with Crippen LogP contribution in [0.2, 0.25) is 5.02 Å². The van der Waals surface area contributed by atoms with Gasteiger partial charge in [0.2, 0.25) is 0 Å². The van der Waals surface area contributed by atoms with Gasteiger partial charge in [-0.05, 0) is 43.6 Å². The molecule has 1 saturated heterocycles. The first kappa shape index (κ1) is 19.6. The Bertz CT molecular complexity index is 1370. The summed E-state index contributed by atoms with van der Waals surface area (Å²) in [6, 6.07) is 16.1. The molecular formula is C25H33Cl2N5O3. The minimum atomic E-state index is -3.22. The molecule has 0 radical (unpaired) electrons. The number of para-hydroxylation sites is 1. The van der Waals surface area contributed by atoms with Crippen LogP contribution in [-0.2, 0) is 13.0 Å². The summed E-state index contributed by atoms with van der Waals surface area (Å²) in [6.45, 7) is -3.84. The highest BCUT2D eigenvalue weighted by molar-refractivity contribution is 6.30. The van der Waals surface area contributed by atoms with E-state index < -0.39 is 31.2 Å². The minimum absolute atomic E-state index is 0. The fourth-order valence-corrected chi connectivity index (χ4v) is 3.87. The Labute approximate surface area is 225 Å². The molecule has 0 amide bonds. The molecule has 0 spiro atoms. The lowest BCUT2D eigenvalue weighted by Crippen LogP contribution is -2.46. The average Bonchev–Trinajstić information content (AvgIpc) is 3.26. The zero-order valence-electron chi connectivity index (χ0n) is 25.3. The van der Waals surface area contributed by atoms with Crippen molar-refractivity contribution in [2.24, 2.45) is 0 Å². The first-order chi connectivity index (χ1) is 18.8. The van der Waals surface area contributed by atoms with Gasteiger partial charge in [0.05, 0.1) is 9.29 Å². The van der Waals surface area contributed by atoms with Crippen LogP contribution in [0.4, 0.5) is 5.69 Å². The number of rotatable bonds is 10. The van der Waals surface area contributed by atoms with Crippen LogP contribution in [0.5, 0.6) is 5.75 Å². The first-order valence-electron chi connectivity index (χ1n) is 14.1. The van der Waals surface area contributed by atoms with Gasteiger partial charge in [0, 0.05) is 55.4 Å². The van der Waals surface area contributed by atoms with Gasteiger partial charge in [-0.25, -0.2) is 9.48 Å². The fourth-order valence-electron chi connectivity index (χ4n) is 3.68. The maximum Gasteiger partial charge on any atom is 0.346 e. The molecule has 2 aromatic carbocycles. The standard InChI is InChI=1S/C25H32ClN5O3.ClH/c1-20(32)24-27-31(25(33)30(24)17-18-34-23-9-3-2-4-10-23)12-6-11-28-13-15-29(16-14-28)22-8-5-7-21(26)19-22;/h2-5,7-10,19-20,32H,6,11-18H2,1H3;1H/i6D2,11D2,12D2;. The average molecular weight is 529 g/mol. The van der Waals surface area contributed by atoms with Crippen LogP contribution in [0, 0.1) is 0 Å². The van der Waals surface area contributed by atoms with Crippen molar-refractivity contribution in [3.8, 4) is 5.75 Å². The summed E-state index contributed by atoms with van der Waals surface area (Å²) in [6.07, 6.45) is -4.50. The number of aromatic nitrogens is 3. The van der Waals surface area contributed by atoms with Gasteiger partial charge >= 0.3 is 5.69 Å². The number of nitrogens with zero attached hydrogens (tertiary/aromatic N) is 5. The van der Waals surface area contributed by atoms with E-state index in [-0.39, 0.29) is 49.2 Å². The molecule has 0 aliphatic carbocycles. The lowest BCUT2D eigenvalue weighted by molar-refractivity contribution is 0.179. The van der Waals surface area contributed by atoms with Crippen LogP contribution in [-0.4, -0.2) is 63.6 Å². The number of benzene rings is 2. The lowest BCUT2D eigenvalue weighted by Gasteiger charge is -2.36. The van der Waals surface area contributed by atoms with E-state index in [1.165, 1.54) is 11.8 Å². The van der Waals surface area contributed by atoms with Gasteiger partial charge in [-0.15, -0.1) is 12.4 Å². The number of anilines is 1.